The highest BCUT2D eigenvalue weighted by molar-refractivity contribution is 5.95. The molecule has 0 bridgehead atoms. The Morgan fingerprint density at radius 3 is 2.77 bits per heavy atom. The highest BCUT2D eigenvalue weighted by Gasteiger charge is 2.49. The van der Waals surface area contributed by atoms with E-state index in [2.05, 4.69) is 9.88 Å². The number of hydrogen-bond donors (Lipinski definition) is 0. The highest BCUT2D eigenvalue weighted by atomic mass is 16.2. The molecule has 1 spiro atoms. The minimum absolute atomic E-state index is 0.00665. The SMILES string of the molecule is O=C(c1cccnc1)N1CC[C@@]2(CCCN(CC3CCCCC3)C2=O)C1. The number of hydrogen-bond acceptors (Lipinski definition) is 3. The van der Waals surface area contributed by atoms with Crippen LogP contribution in [0.2, 0.25) is 0 Å². The van der Waals surface area contributed by atoms with Gasteiger partial charge in [0.1, 0.15) is 0 Å². The number of carbonyl (C=O) groups is 2. The van der Waals surface area contributed by atoms with Gasteiger partial charge in [0.05, 0.1) is 11.0 Å². The third kappa shape index (κ3) is 3.36. The summed E-state index contributed by atoms with van der Waals surface area (Å²) in [6, 6.07) is 3.59. The van der Waals surface area contributed by atoms with Gasteiger partial charge >= 0.3 is 0 Å². The quantitative estimate of drug-likeness (QED) is 0.837. The van der Waals surface area contributed by atoms with Crippen LogP contribution in [0.3, 0.4) is 0 Å². The van der Waals surface area contributed by atoms with Gasteiger partial charge in [-0.3, -0.25) is 14.6 Å². The zero-order valence-electron chi connectivity index (χ0n) is 15.5. The van der Waals surface area contributed by atoms with Gasteiger partial charge in [0, 0.05) is 38.6 Å². The van der Waals surface area contributed by atoms with E-state index in [0.717, 1.165) is 32.4 Å². The van der Waals surface area contributed by atoms with Crippen LogP contribution < -0.4 is 0 Å². The van der Waals surface area contributed by atoms with Crippen LogP contribution >= 0.6 is 0 Å². The molecule has 1 atom stereocenters. The van der Waals surface area contributed by atoms with Gasteiger partial charge in [-0.2, -0.15) is 0 Å². The lowest BCUT2D eigenvalue weighted by Crippen LogP contribution is -2.51. The first-order valence-corrected chi connectivity index (χ1v) is 10.2. The van der Waals surface area contributed by atoms with E-state index in [4.69, 9.17) is 0 Å². The molecule has 0 N–H and O–H groups in total. The van der Waals surface area contributed by atoms with Crippen LogP contribution in [0.15, 0.2) is 24.5 Å². The molecule has 5 heteroatoms. The van der Waals surface area contributed by atoms with E-state index in [1.807, 2.05) is 4.90 Å². The Hall–Kier alpha value is -1.91. The van der Waals surface area contributed by atoms with Crippen molar-refractivity contribution >= 4 is 11.8 Å². The maximum absolute atomic E-state index is 13.3. The smallest absolute Gasteiger partial charge is 0.255 e. The highest BCUT2D eigenvalue weighted by Crippen LogP contribution is 2.41. The van der Waals surface area contributed by atoms with Gasteiger partial charge in [0.25, 0.3) is 5.91 Å². The summed E-state index contributed by atoms with van der Waals surface area (Å²) in [5, 5.41) is 0. The Morgan fingerprint density at radius 1 is 1.15 bits per heavy atom. The lowest BCUT2D eigenvalue weighted by atomic mass is 9.77. The molecule has 1 aromatic heterocycles. The Morgan fingerprint density at radius 2 is 2.00 bits per heavy atom. The molecule has 1 aromatic rings. The molecule has 140 valence electrons. The number of nitrogens with zero attached hydrogens (tertiary/aromatic N) is 3. The second-order valence-electron chi connectivity index (χ2n) is 8.36. The normalized spacial score (nSPS) is 27.3. The number of pyridine rings is 1. The van der Waals surface area contributed by atoms with E-state index in [1.54, 1.807) is 24.5 Å². The molecule has 2 amide bonds. The zero-order valence-corrected chi connectivity index (χ0v) is 15.5. The fourth-order valence-corrected chi connectivity index (χ4v) is 5.10. The number of rotatable bonds is 3. The van der Waals surface area contributed by atoms with Crippen molar-refractivity contribution in [3.05, 3.63) is 30.1 Å². The molecule has 3 heterocycles. The first kappa shape index (κ1) is 17.5. The van der Waals surface area contributed by atoms with Crippen molar-refractivity contribution in [1.29, 1.82) is 0 Å². The lowest BCUT2D eigenvalue weighted by Gasteiger charge is -2.41. The van der Waals surface area contributed by atoms with Gasteiger partial charge in [-0.1, -0.05) is 19.3 Å². The molecule has 26 heavy (non-hydrogen) atoms. The van der Waals surface area contributed by atoms with Crippen LogP contribution in [-0.4, -0.2) is 52.8 Å². The van der Waals surface area contributed by atoms with E-state index in [0.29, 0.717) is 30.5 Å². The zero-order chi connectivity index (χ0) is 18.0. The summed E-state index contributed by atoms with van der Waals surface area (Å²) in [7, 11) is 0. The summed E-state index contributed by atoms with van der Waals surface area (Å²) in [5.41, 5.74) is 0.275. The fraction of sp³-hybridized carbons (Fsp3) is 0.667. The average Bonchev–Trinajstić information content (AvgIpc) is 3.12. The molecule has 2 saturated heterocycles. The van der Waals surface area contributed by atoms with E-state index >= 15 is 0 Å². The number of likely N-dealkylation sites (tertiary alicyclic amines) is 2. The molecule has 0 unspecified atom stereocenters. The van der Waals surface area contributed by atoms with E-state index in [9.17, 15) is 9.59 Å². The predicted octanol–water partition coefficient (Wildman–Crippen LogP) is 3.12. The number of amides is 2. The van der Waals surface area contributed by atoms with Gasteiger partial charge < -0.3 is 9.80 Å². The summed E-state index contributed by atoms with van der Waals surface area (Å²) in [6.07, 6.45) is 12.6. The van der Waals surface area contributed by atoms with Crippen molar-refractivity contribution in [3.8, 4) is 0 Å². The van der Waals surface area contributed by atoms with Gasteiger partial charge in [-0.05, 0) is 50.2 Å². The third-order valence-corrected chi connectivity index (χ3v) is 6.58. The molecule has 3 aliphatic rings. The molecule has 0 aromatic carbocycles. The predicted molar refractivity (Wildman–Crippen MR) is 99.6 cm³/mol. The van der Waals surface area contributed by atoms with E-state index in [1.165, 1.54) is 32.1 Å². The van der Waals surface area contributed by atoms with Gasteiger partial charge in [-0.15, -0.1) is 0 Å². The Bertz CT molecular complexity index is 656. The van der Waals surface area contributed by atoms with Gasteiger partial charge in [0.2, 0.25) is 5.91 Å². The molecule has 3 fully saturated rings. The minimum Gasteiger partial charge on any atom is -0.342 e. The van der Waals surface area contributed by atoms with Crippen molar-refractivity contribution in [1.82, 2.24) is 14.8 Å². The molecule has 5 nitrogen and oxygen atoms in total. The summed E-state index contributed by atoms with van der Waals surface area (Å²) in [4.78, 5) is 34.1. The van der Waals surface area contributed by atoms with Crippen molar-refractivity contribution in [2.75, 3.05) is 26.2 Å². The van der Waals surface area contributed by atoms with Gasteiger partial charge in [-0.25, -0.2) is 0 Å². The van der Waals surface area contributed by atoms with E-state index < -0.39 is 0 Å². The van der Waals surface area contributed by atoms with Crippen LogP contribution in [0.1, 0.15) is 61.7 Å². The molecular weight excluding hydrogens is 326 g/mol. The van der Waals surface area contributed by atoms with Crippen molar-refractivity contribution < 1.29 is 9.59 Å². The summed E-state index contributed by atoms with van der Waals surface area (Å²) in [5.74, 6) is 0.986. The monoisotopic (exact) mass is 355 g/mol. The van der Waals surface area contributed by atoms with Crippen molar-refractivity contribution in [2.24, 2.45) is 11.3 Å². The van der Waals surface area contributed by atoms with Crippen LogP contribution in [0.25, 0.3) is 0 Å². The molecule has 0 radical (unpaired) electrons. The second kappa shape index (κ2) is 7.37. The average molecular weight is 355 g/mol. The van der Waals surface area contributed by atoms with Gasteiger partial charge in [0.15, 0.2) is 0 Å². The molecule has 1 saturated carbocycles. The summed E-state index contributed by atoms with van der Waals surface area (Å²) in [6.45, 7) is 3.07. The molecule has 2 aliphatic heterocycles. The maximum atomic E-state index is 13.3. The minimum atomic E-state index is -0.342. The van der Waals surface area contributed by atoms with Crippen LogP contribution in [0, 0.1) is 11.3 Å². The van der Waals surface area contributed by atoms with Crippen LogP contribution in [0.4, 0.5) is 0 Å². The lowest BCUT2D eigenvalue weighted by molar-refractivity contribution is -0.146. The topological polar surface area (TPSA) is 53.5 Å². The van der Waals surface area contributed by atoms with E-state index in [-0.39, 0.29) is 11.3 Å². The van der Waals surface area contributed by atoms with Crippen LogP contribution in [0.5, 0.6) is 0 Å². The largest absolute Gasteiger partial charge is 0.342 e. The number of carbonyl (C=O) groups excluding carboxylic acids is 2. The maximum Gasteiger partial charge on any atom is 0.255 e. The number of piperidine rings is 1. The van der Waals surface area contributed by atoms with Crippen molar-refractivity contribution in [2.45, 2.75) is 51.4 Å². The summed E-state index contributed by atoms with van der Waals surface area (Å²) >= 11 is 0. The molecule has 4 rings (SSSR count). The first-order valence-electron chi connectivity index (χ1n) is 10.2. The Labute approximate surface area is 155 Å². The standard InChI is InChI=1S/C21H29N3O2/c25-19(18-8-4-11-22-14-18)24-13-10-21(16-24)9-5-12-23(20(21)26)15-17-6-2-1-3-7-17/h4,8,11,14,17H,1-3,5-7,9-10,12-13,15-16H2/t21-/m0/s1. The van der Waals surface area contributed by atoms with Crippen LogP contribution in [-0.2, 0) is 4.79 Å². The third-order valence-electron chi connectivity index (χ3n) is 6.58. The molecular formula is C21H29N3O2. The first-order chi connectivity index (χ1) is 12.7. The Kier molecular flexibility index (Phi) is 4.96. The fourth-order valence-electron chi connectivity index (χ4n) is 5.10. The molecule has 1 aliphatic carbocycles. The second-order valence-corrected chi connectivity index (χ2v) is 8.36. The van der Waals surface area contributed by atoms with Crippen molar-refractivity contribution in [3.63, 3.8) is 0 Å². The number of aromatic nitrogens is 1. The summed E-state index contributed by atoms with van der Waals surface area (Å²) < 4.78 is 0. The Balaban J connectivity index is 1.43.